The van der Waals surface area contributed by atoms with Gasteiger partial charge in [0.2, 0.25) is 0 Å². The highest BCUT2D eigenvalue weighted by Crippen LogP contribution is 2.24. The van der Waals surface area contributed by atoms with Crippen molar-refractivity contribution in [2.24, 2.45) is 16.1 Å². The number of nitrogens with zero attached hydrogens (tertiary/aromatic N) is 8. The minimum Gasteiger partial charge on any atom is -0.444 e. The molecule has 10 nitrogen and oxygen atoms in total. The summed E-state index contributed by atoms with van der Waals surface area (Å²) in [6, 6.07) is 5.60. The molecule has 10 heteroatoms. The second-order valence-corrected chi connectivity index (χ2v) is 8.51. The van der Waals surface area contributed by atoms with Gasteiger partial charge in [0.1, 0.15) is 11.9 Å². The molecule has 0 radical (unpaired) electrons. The number of rotatable bonds is 4. The van der Waals surface area contributed by atoms with Crippen molar-refractivity contribution in [1.29, 1.82) is 0 Å². The maximum Gasteiger partial charge on any atom is 0.410 e. The summed E-state index contributed by atoms with van der Waals surface area (Å²) in [5.41, 5.74) is 0.156. The molecule has 0 atom stereocenters. The van der Waals surface area contributed by atoms with Crippen molar-refractivity contribution >= 4 is 22.9 Å². The predicted molar refractivity (Wildman–Crippen MR) is 114 cm³/mol. The van der Waals surface area contributed by atoms with Crippen LogP contribution in [0.25, 0.3) is 16.9 Å². The van der Waals surface area contributed by atoms with E-state index in [-0.39, 0.29) is 6.09 Å². The predicted octanol–water partition coefficient (Wildman–Crippen LogP) is 3.94. The highest BCUT2D eigenvalue weighted by molar-refractivity contribution is 5.85. The maximum absolute atomic E-state index is 12.2. The summed E-state index contributed by atoms with van der Waals surface area (Å²) in [5.74, 6) is 1.53. The first-order valence-electron chi connectivity index (χ1n) is 10.4. The van der Waals surface area contributed by atoms with E-state index in [9.17, 15) is 4.79 Å². The van der Waals surface area contributed by atoms with Gasteiger partial charge in [-0.1, -0.05) is 6.07 Å². The van der Waals surface area contributed by atoms with Gasteiger partial charge in [-0.25, -0.2) is 19.7 Å². The Kier molecular flexibility index (Phi) is 5.88. The minimum atomic E-state index is -0.477. The Labute approximate surface area is 180 Å². The van der Waals surface area contributed by atoms with E-state index in [4.69, 9.17) is 4.74 Å². The van der Waals surface area contributed by atoms with Crippen LogP contribution in [0.4, 0.5) is 10.6 Å². The molecule has 1 aliphatic heterocycles. The molecule has 0 N–H and O–H groups in total. The van der Waals surface area contributed by atoms with E-state index in [1.165, 1.54) is 6.33 Å². The van der Waals surface area contributed by atoms with E-state index < -0.39 is 5.60 Å². The third kappa shape index (κ3) is 5.01. The normalized spacial score (nSPS) is 15.6. The van der Waals surface area contributed by atoms with Crippen molar-refractivity contribution in [3.05, 3.63) is 36.9 Å². The number of fused-ring (bicyclic) bond motifs is 1. The maximum atomic E-state index is 12.2. The second kappa shape index (κ2) is 8.75. The van der Waals surface area contributed by atoms with Gasteiger partial charge in [0.15, 0.2) is 17.3 Å². The fourth-order valence-corrected chi connectivity index (χ4v) is 3.41. The van der Waals surface area contributed by atoms with Crippen LogP contribution >= 0.6 is 0 Å². The van der Waals surface area contributed by atoms with Crippen LogP contribution in [0.15, 0.2) is 47.1 Å². The monoisotopic (exact) mass is 422 g/mol. The molecule has 1 fully saturated rings. The van der Waals surface area contributed by atoms with Crippen LogP contribution in [-0.4, -0.2) is 61.0 Å². The number of pyridine rings is 1. The Bertz CT molecular complexity index is 1070. The third-order valence-electron chi connectivity index (χ3n) is 4.98. The summed E-state index contributed by atoms with van der Waals surface area (Å²) in [7, 11) is 0. The molecule has 0 spiro atoms. The lowest BCUT2D eigenvalue weighted by atomic mass is 9.97. The number of likely N-dealkylation sites (tertiary alicyclic amines) is 1. The van der Waals surface area contributed by atoms with Crippen LogP contribution in [-0.2, 0) is 4.74 Å². The summed E-state index contributed by atoms with van der Waals surface area (Å²) in [4.78, 5) is 26.8. The Balaban J connectivity index is 1.37. The number of azo groups is 1. The second-order valence-electron chi connectivity index (χ2n) is 8.51. The summed E-state index contributed by atoms with van der Waals surface area (Å²) in [5, 5.41) is 13.8. The fourth-order valence-electron chi connectivity index (χ4n) is 3.41. The lowest BCUT2D eigenvalue weighted by Crippen LogP contribution is -2.42. The largest absolute Gasteiger partial charge is 0.444 e. The Hall–Kier alpha value is -3.43. The highest BCUT2D eigenvalue weighted by Gasteiger charge is 2.26. The van der Waals surface area contributed by atoms with Crippen molar-refractivity contribution in [2.75, 3.05) is 19.6 Å². The molecule has 3 aromatic heterocycles. The van der Waals surface area contributed by atoms with Gasteiger partial charge in [0.05, 0.1) is 18.1 Å². The molecule has 31 heavy (non-hydrogen) atoms. The zero-order valence-corrected chi connectivity index (χ0v) is 18.0. The number of hydrogen-bond acceptors (Lipinski definition) is 8. The molecule has 1 aliphatic rings. The smallest absolute Gasteiger partial charge is 0.410 e. The van der Waals surface area contributed by atoms with Gasteiger partial charge in [-0.15, -0.1) is 5.11 Å². The van der Waals surface area contributed by atoms with Crippen molar-refractivity contribution in [1.82, 2.24) is 29.6 Å². The summed E-state index contributed by atoms with van der Waals surface area (Å²) >= 11 is 0. The number of carbonyl (C=O) groups excluding carboxylic acids is 1. The fraction of sp³-hybridized carbons (Fsp3) is 0.476. The summed E-state index contributed by atoms with van der Waals surface area (Å²) < 4.78 is 7.10. The van der Waals surface area contributed by atoms with Gasteiger partial charge in [0, 0.05) is 19.3 Å². The molecule has 4 heterocycles. The van der Waals surface area contributed by atoms with E-state index in [1.54, 1.807) is 22.0 Å². The highest BCUT2D eigenvalue weighted by atomic mass is 16.6. The minimum absolute atomic E-state index is 0.249. The molecule has 0 saturated carbocycles. The molecule has 162 valence electrons. The molecule has 3 aromatic rings. The first kappa shape index (κ1) is 20.8. The number of amides is 1. The van der Waals surface area contributed by atoms with Crippen molar-refractivity contribution < 1.29 is 9.53 Å². The van der Waals surface area contributed by atoms with E-state index >= 15 is 0 Å². The summed E-state index contributed by atoms with van der Waals surface area (Å²) in [6.45, 7) is 7.56. The van der Waals surface area contributed by atoms with Gasteiger partial charge < -0.3 is 9.64 Å². The van der Waals surface area contributed by atoms with Crippen molar-refractivity contribution in [3.63, 3.8) is 0 Å². The van der Waals surface area contributed by atoms with Gasteiger partial charge >= 0.3 is 6.09 Å². The van der Waals surface area contributed by atoms with Gasteiger partial charge in [-0.05, 0) is 51.7 Å². The van der Waals surface area contributed by atoms with Gasteiger partial charge in [0.25, 0.3) is 0 Å². The quantitative estimate of drug-likeness (QED) is 0.589. The molecule has 1 amide bonds. The molecule has 0 unspecified atom stereocenters. The zero-order valence-electron chi connectivity index (χ0n) is 18.0. The van der Waals surface area contributed by atoms with Crippen molar-refractivity contribution in [3.8, 4) is 5.82 Å². The standard InChI is InChI=1S/C21H26N8O2/c1-21(2,3)31-20(30)28-10-7-15(8-11-28)12-25-27-18-16-13-26-29(19(16)24-14-23-18)17-6-4-5-9-22-17/h4-6,9,13-15H,7-8,10-12H2,1-3H3. The van der Waals surface area contributed by atoms with E-state index in [2.05, 4.69) is 30.3 Å². The molecule has 0 aromatic carbocycles. The van der Waals surface area contributed by atoms with Crippen LogP contribution < -0.4 is 0 Å². The topological polar surface area (TPSA) is 111 Å². The lowest BCUT2D eigenvalue weighted by molar-refractivity contribution is 0.0186. The zero-order chi connectivity index (χ0) is 21.8. The van der Waals surface area contributed by atoms with E-state index in [0.717, 1.165) is 18.2 Å². The molecule has 1 saturated heterocycles. The molecular weight excluding hydrogens is 396 g/mol. The van der Waals surface area contributed by atoms with Crippen LogP contribution in [0, 0.1) is 5.92 Å². The van der Waals surface area contributed by atoms with Crippen LogP contribution in [0.5, 0.6) is 0 Å². The summed E-state index contributed by atoms with van der Waals surface area (Å²) in [6.07, 6.45) is 6.33. The first-order chi connectivity index (χ1) is 14.9. The number of aromatic nitrogens is 5. The number of piperidine rings is 1. The Morgan fingerprint density at radius 2 is 2.00 bits per heavy atom. The third-order valence-corrected chi connectivity index (χ3v) is 4.98. The van der Waals surface area contributed by atoms with Crippen molar-refractivity contribution in [2.45, 2.75) is 39.2 Å². The lowest BCUT2D eigenvalue weighted by Gasteiger charge is -2.32. The van der Waals surface area contributed by atoms with Gasteiger partial charge in [-0.2, -0.15) is 14.9 Å². The molecule has 0 bridgehead atoms. The SMILES string of the molecule is CC(C)(C)OC(=O)N1CCC(CN=Nc2ncnc3c2cnn3-c2ccccn2)CC1. The van der Waals surface area contributed by atoms with Crippen LogP contribution in [0.3, 0.4) is 0 Å². The number of carbonyl (C=O) groups is 1. The Morgan fingerprint density at radius 3 is 2.71 bits per heavy atom. The molecule has 0 aliphatic carbocycles. The Morgan fingerprint density at radius 1 is 1.19 bits per heavy atom. The van der Waals surface area contributed by atoms with Crippen LogP contribution in [0.2, 0.25) is 0 Å². The number of hydrogen-bond donors (Lipinski definition) is 0. The average molecular weight is 422 g/mol. The van der Waals surface area contributed by atoms with E-state index in [1.807, 2.05) is 39.0 Å². The van der Waals surface area contributed by atoms with Gasteiger partial charge in [-0.3, -0.25) is 0 Å². The van der Waals surface area contributed by atoms with Crippen LogP contribution in [0.1, 0.15) is 33.6 Å². The number of ether oxygens (including phenoxy) is 1. The molecular formula is C21H26N8O2. The molecule has 4 rings (SSSR count). The first-order valence-corrected chi connectivity index (χ1v) is 10.4. The van der Waals surface area contributed by atoms with E-state index in [0.29, 0.717) is 42.8 Å². The average Bonchev–Trinajstić information content (AvgIpc) is 3.19.